The van der Waals surface area contributed by atoms with Gasteiger partial charge in [-0.3, -0.25) is 10.1 Å². The van der Waals surface area contributed by atoms with Gasteiger partial charge in [0.2, 0.25) is 0 Å². The summed E-state index contributed by atoms with van der Waals surface area (Å²) in [6.07, 6.45) is 2.28. The van der Waals surface area contributed by atoms with E-state index < -0.39 is 10.3 Å². The van der Waals surface area contributed by atoms with Crippen LogP contribution in [0.1, 0.15) is 105 Å². The van der Waals surface area contributed by atoms with Gasteiger partial charge in [-0.1, -0.05) is 101 Å². The van der Waals surface area contributed by atoms with Crippen molar-refractivity contribution < 1.29 is 15.1 Å². The first-order chi connectivity index (χ1) is 17.0. The average molecular weight is 523 g/mol. The summed E-state index contributed by atoms with van der Waals surface area (Å²) in [6.45, 7) is 24.2. The van der Waals surface area contributed by atoms with Gasteiger partial charge < -0.3 is 15.5 Å². The van der Waals surface area contributed by atoms with Crippen molar-refractivity contribution in [2.24, 2.45) is 4.99 Å². The number of phenols is 1. The zero-order chi connectivity index (χ0) is 29.4. The molecule has 0 aliphatic heterocycles. The van der Waals surface area contributed by atoms with Crippen molar-refractivity contribution in [3.05, 3.63) is 68.5 Å². The molecule has 7 heteroatoms. The normalized spacial score (nSPS) is 13.7. The molecule has 38 heavy (non-hydrogen) atoms. The van der Waals surface area contributed by atoms with Crippen molar-refractivity contribution in [2.45, 2.75) is 105 Å². The quantitative estimate of drug-likeness (QED) is 0.239. The molecular weight excluding hydrogens is 478 g/mol. The van der Waals surface area contributed by atoms with Crippen LogP contribution < -0.4 is 10.4 Å². The molecule has 2 aromatic carbocycles. The molecule has 2 N–H and O–H groups in total. The van der Waals surface area contributed by atoms with E-state index in [1.54, 1.807) is 12.1 Å². The van der Waals surface area contributed by atoms with E-state index in [0.717, 1.165) is 17.3 Å². The second-order valence-corrected chi connectivity index (χ2v) is 14.0. The van der Waals surface area contributed by atoms with Crippen molar-refractivity contribution in [1.29, 1.82) is 0 Å². The summed E-state index contributed by atoms with van der Waals surface area (Å²) < 4.78 is 0. The number of benzene rings is 2. The molecule has 208 valence electrons. The second-order valence-electron chi connectivity index (χ2n) is 14.0. The Labute approximate surface area is 227 Å². The minimum absolute atomic E-state index is 0.00745. The van der Waals surface area contributed by atoms with E-state index in [2.05, 4.69) is 51.9 Å². The lowest BCUT2D eigenvalue weighted by Crippen LogP contribution is -2.19. The maximum atomic E-state index is 13.2. The SMILES string of the molecule is CC(C)(C)c1cc(N/C=C(/C=Nc2cc(C(C)(C)C)cc(C(C)(C)C)c2O)[N+](=O)[O-])c([O-])c(C(C)(C)C)c1. The lowest BCUT2D eigenvalue weighted by atomic mass is 9.79. The topological polar surface area (TPSA) is 111 Å². The zero-order valence-electron chi connectivity index (χ0n) is 25.0. The van der Waals surface area contributed by atoms with Gasteiger partial charge in [0.1, 0.15) is 17.7 Å². The summed E-state index contributed by atoms with van der Waals surface area (Å²) in [7, 11) is 0. The molecule has 0 atom stereocenters. The van der Waals surface area contributed by atoms with E-state index in [4.69, 9.17) is 0 Å². The number of allylic oxidation sites excluding steroid dienone is 1. The second kappa shape index (κ2) is 10.4. The lowest BCUT2D eigenvalue weighted by molar-refractivity contribution is -0.414. The van der Waals surface area contributed by atoms with Crippen LogP contribution in [0.25, 0.3) is 0 Å². The molecule has 0 unspecified atom stereocenters. The summed E-state index contributed by atoms with van der Waals surface area (Å²) in [5, 5.41) is 39.0. The molecule has 0 saturated carbocycles. The summed E-state index contributed by atoms with van der Waals surface area (Å²) in [6, 6.07) is 7.39. The molecule has 2 aromatic rings. The number of nitrogens with zero attached hydrogens (tertiary/aromatic N) is 2. The molecule has 0 fully saturated rings. The van der Waals surface area contributed by atoms with Gasteiger partial charge in [0.25, 0.3) is 0 Å². The van der Waals surface area contributed by atoms with Crippen LogP contribution in [0, 0.1) is 10.1 Å². The van der Waals surface area contributed by atoms with Gasteiger partial charge in [0, 0.05) is 11.3 Å². The van der Waals surface area contributed by atoms with E-state index in [-0.39, 0.29) is 44.8 Å². The number of aromatic hydroxyl groups is 1. The van der Waals surface area contributed by atoms with Crippen molar-refractivity contribution in [2.75, 3.05) is 5.32 Å². The van der Waals surface area contributed by atoms with Gasteiger partial charge in [-0.15, -0.1) is 0 Å². The Morgan fingerprint density at radius 1 is 0.816 bits per heavy atom. The zero-order valence-corrected chi connectivity index (χ0v) is 25.0. The Hall–Kier alpha value is -3.35. The highest BCUT2D eigenvalue weighted by Gasteiger charge is 2.25. The van der Waals surface area contributed by atoms with Crippen molar-refractivity contribution in [3.63, 3.8) is 0 Å². The number of aliphatic imine (C=N–C) groups is 1. The highest BCUT2D eigenvalue weighted by molar-refractivity contribution is 5.81. The van der Waals surface area contributed by atoms with Crippen LogP contribution in [0.15, 0.2) is 41.2 Å². The number of hydrogen-bond donors (Lipinski definition) is 2. The Morgan fingerprint density at radius 3 is 1.74 bits per heavy atom. The maximum Gasteiger partial charge on any atom is 0.303 e. The van der Waals surface area contributed by atoms with E-state index >= 15 is 0 Å². The van der Waals surface area contributed by atoms with E-state index in [1.165, 1.54) is 6.20 Å². The first-order valence-electron chi connectivity index (χ1n) is 12.9. The van der Waals surface area contributed by atoms with Gasteiger partial charge >= 0.3 is 5.70 Å². The first-order valence-corrected chi connectivity index (χ1v) is 12.9. The highest BCUT2D eigenvalue weighted by atomic mass is 16.6. The third-order valence-corrected chi connectivity index (χ3v) is 6.45. The van der Waals surface area contributed by atoms with Crippen LogP contribution >= 0.6 is 0 Å². The monoisotopic (exact) mass is 522 g/mol. The van der Waals surface area contributed by atoms with Crippen molar-refractivity contribution in [3.8, 4) is 11.5 Å². The van der Waals surface area contributed by atoms with Crippen LogP contribution in [0.4, 0.5) is 11.4 Å². The Morgan fingerprint density at radius 2 is 1.29 bits per heavy atom. The molecule has 0 amide bonds. The van der Waals surface area contributed by atoms with E-state index in [1.807, 2.05) is 53.7 Å². The number of nitrogens with one attached hydrogen (secondary N) is 1. The maximum absolute atomic E-state index is 13.2. The summed E-state index contributed by atoms with van der Waals surface area (Å²) in [5.41, 5.74) is 2.25. The molecule has 0 spiro atoms. The van der Waals surface area contributed by atoms with Crippen LogP contribution in [0.5, 0.6) is 11.5 Å². The minimum atomic E-state index is -0.575. The summed E-state index contributed by atoms with van der Waals surface area (Å²) >= 11 is 0. The summed E-state index contributed by atoms with van der Waals surface area (Å²) in [4.78, 5) is 15.6. The van der Waals surface area contributed by atoms with Gasteiger partial charge in [-0.05, 0) is 50.5 Å². The van der Waals surface area contributed by atoms with Crippen LogP contribution in [-0.2, 0) is 21.7 Å². The largest absolute Gasteiger partial charge is 0.871 e. The van der Waals surface area contributed by atoms with Gasteiger partial charge in [0.15, 0.2) is 0 Å². The summed E-state index contributed by atoms with van der Waals surface area (Å²) in [5.74, 6) is -0.210. The molecule has 0 radical (unpaired) electrons. The Bertz CT molecular complexity index is 1260. The fraction of sp³-hybridized carbons (Fsp3) is 0.516. The number of rotatable bonds is 5. The Balaban J connectivity index is 2.61. The average Bonchev–Trinajstić information content (AvgIpc) is 2.71. The first kappa shape index (κ1) is 30.9. The predicted molar refractivity (Wildman–Crippen MR) is 156 cm³/mol. The molecule has 2 rings (SSSR count). The van der Waals surface area contributed by atoms with Crippen molar-refractivity contribution >= 4 is 17.6 Å². The van der Waals surface area contributed by atoms with E-state index in [0.29, 0.717) is 11.1 Å². The highest BCUT2D eigenvalue weighted by Crippen LogP contribution is 2.42. The molecule has 0 heterocycles. The smallest absolute Gasteiger partial charge is 0.303 e. The third-order valence-electron chi connectivity index (χ3n) is 6.45. The molecular formula is C31H44N3O4-. The minimum Gasteiger partial charge on any atom is -0.871 e. The molecule has 0 bridgehead atoms. The number of nitro groups is 1. The van der Waals surface area contributed by atoms with Gasteiger partial charge in [0.05, 0.1) is 11.1 Å². The lowest BCUT2D eigenvalue weighted by Gasteiger charge is -2.31. The molecule has 0 saturated heterocycles. The van der Waals surface area contributed by atoms with E-state index in [9.17, 15) is 20.3 Å². The molecule has 7 nitrogen and oxygen atoms in total. The standard InChI is InChI=1S/C31H45N3O4/c1-28(2,3)19-13-22(30(7,8)9)26(35)24(15-19)32-17-21(34(37)38)18-33-25-16-20(29(4,5)6)14-23(27(25)36)31(10,11)12/h13-18,32,35-36H,1-12H3/p-1/b21-17-,33-18?. The molecule has 0 aromatic heterocycles. The van der Waals surface area contributed by atoms with Gasteiger partial charge in [-0.25, -0.2) is 4.99 Å². The Kier molecular flexibility index (Phi) is 8.47. The van der Waals surface area contributed by atoms with Crippen molar-refractivity contribution in [1.82, 2.24) is 0 Å². The number of phenolic OH excluding ortho intramolecular Hbond substituents is 1. The van der Waals surface area contributed by atoms with Gasteiger partial charge in [-0.2, -0.15) is 0 Å². The fourth-order valence-electron chi connectivity index (χ4n) is 3.87. The predicted octanol–water partition coefficient (Wildman–Crippen LogP) is 7.59. The molecule has 0 aliphatic rings. The number of anilines is 1. The third kappa shape index (κ3) is 7.36. The fourth-order valence-corrected chi connectivity index (χ4v) is 3.87. The van der Waals surface area contributed by atoms with Crippen LogP contribution in [-0.4, -0.2) is 16.2 Å². The van der Waals surface area contributed by atoms with Crippen LogP contribution in [0.3, 0.4) is 0 Å². The van der Waals surface area contributed by atoms with Crippen LogP contribution in [0.2, 0.25) is 0 Å². The molecule has 0 aliphatic carbocycles. The number of hydrogen-bond acceptors (Lipinski definition) is 6.